The molecule has 0 unspecified atom stereocenters. The van der Waals surface area contributed by atoms with Crippen molar-refractivity contribution in [1.29, 1.82) is 0 Å². The van der Waals surface area contributed by atoms with Gasteiger partial charge in [-0.15, -0.1) is 24.8 Å². The Morgan fingerprint density at radius 1 is 1.04 bits per heavy atom. The van der Waals surface area contributed by atoms with Crippen LogP contribution in [0.4, 0.5) is 5.69 Å². The number of pyridine rings is 1. The molecule has 0 atom stereocenters. The van der Waals surface area contributed by atoms with Crippen LogP contribution >= 0.6 is 24.8 Å². The van der Waals surface area contributed by atoms with Crippen molar-refractivity contribution in [1.82, 2.24) is 9.88 Å². The lowest BCUT2D eigenvalue weighted by molar-refractivity contribution is 0.516. The number of aliphatic imine (C=N–C) groups is 1. The predicted molar refractivity (Wildman–Crippen MR) is 112 cm³/mol. The molecule has 0 radical (unpaired) electrons. The number of hydrogen-bond acceptors (Lipinski definition) is 3. The Morgan fingerprint density at radius 3 is 2.08 bits per heavy atom. The Balaban J connectivity index is 0.00000156. The summed E-state index contributed by atoms with van der Waals surface area (Å²) >= 11 is 0. The molecular weight excluding hydrogens is 357 g/mol. The molecule has 3 rings (SSSR count). The average molecular weight is 380 g/mol. The highest BCUT2D eigenvalue weighted by Gasteiger charge is 2.08. The van der Waals surface area contributed by atoms with Gasteiger partial charge in [-0.2, -0.15) is 0 Å². The van der Waals surface area contributed by atoms with Gasteiger partial charge < -0.3 is 16.0 Å². The lowest BCUT2D eigenvalue weighted by Crippen LogP contribution is -2.37. The van der Waals surface area contributed by atoms with E-state index in [1.807, 2.05) is 48.3 Å². The summed E-state index contributed by atoms with van der Waals surface area (Å²) in [5.41, 5.74) is 8.93. The fraction of sp³-hybridized carbons (Fsp3) is 0.222. The quantitative estimate of drug-likeness (QED) is 0.413. The van der Waals surface area contributed by atoms with E-state index < -0.39 is 0 Å². The van der Waals surface area contributed by atoms with Gasteiger partial charge in [0.05, 0.1) is 16.7 Å². The molecule has 0 aliphatic rings. The van der Waals surface area contributed by atoms with Gasteiger partial charge in [-0.3, -0.25) is 4.99 Å². The van der Waals surface area contributed by atoms with Crippen LogP contribution in [0.2, 0.25) is 0 Å². The number of guanidine groups is 1. The number of nitrogens with two attached hydrogens (primary N) is 1. The normalized spacial score (nSPS) is 10.9. The number of hydrogen-bond donors (Lipinski definition) is 2. The van der Waals surface area contributed by atoms with Gasteiger partial charge in [-0.1, -0.05) is 36.4 Å². The van der Waals surface area contributed by atoms with Crippen LogP contribution in [0.15, 0.2) is 53.5 Å². The highest BCUT2D eigenvalue weighted by molar-refractivity contribution is 6.07. The number of benzene rings is 2. The molecule has 0 aliphatic carbocycles. The zero-order valence-corrected chi connectivity index (χ0v) is 15.9. The molecule has 5 nitrogen and oxygen atoms in total. The minimum atomic E-state index is 0. The van der Waals surface area contributed by atoms with Gasteiger partial charge in [0.2, 0.25) is 0 Å². The molecular formula is C18H23Cl2N5. The summed E-state index contributed by atoms with van der Waals surface area (Å²) in [5.74, 6) is 0.538. The maximum absolute atomic E-state index is 5.82. The number of para-hydroxylation sites is 2. The van der Waals surface area contributed by atoms with Crippen LogP contribution in [-0.2, 0) is 0 Å². The van der Waals surface area contributed by atoms with Crippen LogP contribution in [-0.4, -0.2) is 43.0 Å². The van der Waals surface area contributed by atoms with Gasteiger partial charge >= 0.3 is 0 Å². The molecule has 2 aromatic carbocycles. The summed E-state index contributed by atoms with van der Waals surface area (Å²) in [4.78, 5) is 10.7. The van der Waals surface area contributed by atoms with E-state index in [1.54, 1.807) is 7.05 Å². The molecule has 7 heteroatoms. The summed E-state index contributed by atoms with van der Waals surface area (Å²) in [6.45, 7) is 1.54. The molecule has 3 aromatic rings. The average Bonchev–Trinajstić information content (AvgIpc) is 2.60. The van der Waals surface area contributed by atoms with Crippen LogP contribution in [0, 0.1) is 0 Å². The van der Waals surface area contributed by atoms with E-state index in [2.05, 4.69) is 22.4 Å². The van der Waals surface area contributed by atoms with Crippen molar-refractivity contribution in [3.05, 3.63) is 48.5 Å². The first-order valence-corrected chi connectivity index (χ1v) is 7.65. The molecule has 0 bridgehead atoms. The van der Waals surface area contributed by atoms with E-state index in [1.165, 1.54) is 0 Å². The molecule has 0 spiro atoms. The first-order chi connectivity index (χ1) is 11.2. The number of likely N-dealkylation sites (N-methyl/N-ethyl adjacent to an activating group) is 1. The molecule has 0 amide bonds. The molecule has 0 saturated heterocycles. The maximum atomic E-state index is 5.82. The fourth-order valence-electron chi connectivity index (χ4n) is 2.66. The van der Waals surface area contributed by atoms with E-state index >= 15 is 0 Å². The number of fused-ring (bicyclic) bond motifs is 2. The van der Waals surface area contributed by atoms with E-state index in [0.717, 1.165) is 40.6 Å². The number of nitrogens with zero attached hydrogens (tertiary/aromatic N) is 3. The van der Waals surface area contributed by atoms with Gasteiger partial charge in [0, 0.05) is 38.0 Å². The Labute approximate surface area is 160 Å². The van der Waals surface area contributed by atoms with Crippen molar-refractivity contribution < 1.29 is 0 Å². The Bertz CT molecular complexity index is 812. The minimum absolute atomic E-state index is 0. The van der Waals surface area contributed by atoms with Crippen molar-refractivity contribution in [3.63, 3.8) is 0 Å². The predicted octanol–water partition coefficient (Wildman–Crippen LogP) is 3.52. The van der Waals surface area contributed by atoms with Gasteiger partial charge in [0.1, 0.15) is 0 Å². The van der Waals surface area contributed by atoms with Crippen molar-refractivity contribution in [3.8, 4) is 0 Å². The van der Waals surface area contributed by atoms with E-state index in [-0.39, 0.29) is 24.8 Å². The van der Waals surface area contributed by atoms with E-state index in [4.69, 9.17) is 10.7 Å². The second-order valence-electron chi connectivity index (χ2n) is 5.45. The Kier molecular flexibility index (Phi) is 7.74. The number of anilines is 1. The van der Waals surface area contributed by atoms with Gasteiger partial charge in [-0.05, 0) is 12.1 Å². The topological polar surface area (TPSA) is 66.5 Å². The Morgan fingerprint density at radius 2 is 1.56 bits per heavy atom. The molecule has 1 heterocycles. The number of aromatic nitrogens is 1. The molecule has 134 valence electrons. The highest BCUT2D eigenvalue weighted by Crippen LogP contribution is 2.30. The van der Waals surface area contributed by atoms with Crippen molar-refractivity contribution in [2.24, 2.45) is 10.7 Å². The molecule has 25 heavy (non-hydrogen) atoms. The zero-order chi connectivity index (χ0) is 16.2. The first-order valence-electron chi connectivity index (χ1n) is 7.65. The molecule has 0 aliphatic heterocycles. The fourth-order valence-corrected chi connectivity index (χ4v) is 2.66. The van der Waals surface area contributed by atoms with Crippen LogP contribution < -0.4 is 11.1 Å². The van der Waals surface area contributed by atoms with Gasteiger partial charge in [-0.25, -0.2) is 4.98 Å². The third kappa shape index (κ3) is 4.44. The largest absolute Gasteiger partial charge is 0.382 e. The van der Waals surface area contributed by atoms with Crippen LogP contribution in [0.3, 0.4) is 0 Å². The summed E-state index contributed by atoms with van der Waals surface area (Å²) in [5, 5.41) is 5.81. The summed E-state index contributed by atoms with van der Waals surface area (Å²) in [6.07, 6.45) is 0. The molecule has 1 aromatic heterocycles. The summed E-state index contributed by atoms with van der Waals surface area (Å²) in [7, 11) is 3.63. The van der Waals surface area contributed by atoms with Crippen LogP contribution in [0.1, 0.15) is 0 Å². The molecule has 3 N–H and O–H groups in total. The SMILES string of the molecule is CN=C(N)N(C)CCNc1c2ccccc2nc2ccccc12.Cl.Cl. The van der Waals surface area contributed by atoms with Crippen molar-refractivity contribution in [2.75, 3.05) is 32.5 Å². The summed E-state index contributed by atoms with van der Waals surface area (Å²) < 4.78 is 0. The highest BCUT2D eigenvalue weighted by atomic mass is 35.5. The smallest absolute Gasteiger partial charge is 0.190 e. The standard InChI is InChI=1S/C18H21N5.2ClH/c1-20-18(19)23(2)12-11-21-17-13-7-3-5-9-15(13)22-16-10-6-4-8-14(16)17;;/h3-10H,11-12H2,1-2H3,(H2,19,20)(H,21,22);2*1H. The van der Waals surface area contributed by atoms with Crippen LogP contribution in [0.5, 0.6) is 0 Å². The van der Waals surface area contributed by atoms with Crippen molar-refractivity contribution in [2.45, 2.75) is 0 Å². The van der Waals surface area contributed by atoms with Crippen LogP contribution in [0.25, 0.3) is 21.8 Å². The maximum Gasteiger partial charge on any atom is 0.190 e. The Hall–Kier alpha value is -2.24. The number of rotatable bonds is 4. The monoisotopic (exact) mass is 379 g/mol. The molecule has 0 saturated carbocycles. The summed E-state index contributed by atoms with van der Waals surface area (Å²) in [6, 6.07) is 16.4. The first kappa shape index (κ1) is 20.8. The lowest BCUT2D eigenvalue weighted by atomic mass is 10.1. The minimum Gasteiger partial charge on any atom is -0.382 e. The third-order valence-electron chi connectivity index (χ3n) is 3.96. The van der Waals surface area contributed by atoms with Gasteiger partial charge in [0.25, 0.3) is 0 Å². The number of nitrogens with one attached hydrogen (secondary N) is 1. The second kappa shape index (κ2) is 9.30. The lowest BCUT2D eigenvalue weighted by Gasteiger charge is -2.19. The van der Waals surface area contributed by atoms with Crippen molar-refractivity contribution >= 4 is 58.3 Å². The zero-order valence-electron chi connectivity index (χ0n) is 14.3. The third-order valence-corrected chi connectivity index (χ3v) is 3.96. The second-order valence-corrected chi connectivity index (χ2v) is 5.45. The van der Waals surface area contributed by atoms with E-state index in [9.17, 15) is 0 Å². The molecule has 0 fully saturated rings. The van der Waals surface area contributed by atoms with E-state index in [0.29, 0.717) is 5.96 Å². The number of halogens is 2. The van der Waals surface area contributed by atoms with Gasteiger partial charge in [0.15, 0.2) is 5.96 Å².